The van der Waals surface area contributed by atoms with Crippen molar-refractivity contribution in [3.63, 3.8) is 0 Å². The van der Waals surface area contributed by atoms with E-state index in [1.165, 1.54) is 24.0 Å². The molecule has 42 heavy (non-hydrogen) atoms. The number of nitrogens with one attached hydrogen (secondary N) is 1. The number of sulfonamides is 1. The van der Waals surface area contributed by atoms with E-state index in [0.29, 0.717) is 19.4 Å². The lowest BCUT2D eigenvalue weighted by Gasteiger charge is -2.21. The highest BCUT2D eigenvalue weighted by molar-refractivity contribution is 7.90. The molecule has 0 aliphatic carbocycles. The van der Waals surface area contributed by atoms with Gasteiger partial charge in [0.1, 0.15) is 17.2 Å². The van der Waals surface area contributed by atoms with Gasteiger partial charge in [-0.05, 0) is 63.9 Å². The lowest BCUT2D eigenvalue weighted by atomic mass is 10.2. The largest absolute Gasteiger partial charge is 0.511 e. The Morgan fingerprint density at radius 1 is 1.17 bits per heavy atom. The summed E-state index contributed by atoms with van der Waals surface area (Å²) in [5, 5.41) is 6.04. The third-order valence-corrected chi connectivity index (χ3v) is 6.96. The molecule has 2 atom stereocenters. The first-order valence-electron chi connectivity index (χ1n) is 12.6. The van der Waals surface area contributed by atoms with Crippen LogP contribution in [0.1, 0.15) is 46.2 Å². The zero-order chi connectivity index (χ0) is 30.9. The highest BCUT2D eigenvalue weighted by Gasteiger charge is 2.35. The molecule has 232 valence electrons. The van der Waals surface area contributed by atoms with E-state index in [2.05, 4.69) is 5.10 Å². The fourth-order valence-corrected chi connectivity index (χ4v) is 4.68. The molecule has 0 bridgehead atoms. The van der Waals surface area contributed by atoms with E-state index in [0.717, 1.165) is 34.1 Å². The summed E-state index contributed by atoms with van der Waals surface area (Å²) in [4.78, 5) is 30.3. The molecule has 2 aromatic heterocycles. The summed E-state index contributed by atoms with van der Waals surface area (Å²) in [7, 11) is -4.35. The number of amides is 1. The minimum absolute atomic E-state index is 0.175. The number of alkyl halides is 3. The molecule has 0 radical (unpaired) electrons. The van der Waals surface area contributed by atoms with Crippen LogP contribution in [0, 0.1) is 0 Å². The van der Waals surface area contributed by atoms with Gasteiger partial charge in [-0.15, -0.1) is 0 Å². The number of ether oxygens (including phenoxy) is 3. The fraction of sp³-hybridized carbons (Fsp3) is 0.522. The van der Waals surface area contributed by atoms with Crippen LogP contribution in [0.3, 0.4) is 0 Å². The number of carbonyl (C=O) groups excluding carboxylic acids is 2. The normalized spacial score (nSPS) is 16.7. The number of nitrogens with zero attached hydrogens (tertiary/aromatic N) is 5. The topological polar surface area (TPSA) is 161 Å². The fourth-order valence-electron chi connectivity index (χ4n) is 3.79. The molecule has 1 aliphatic rings. The third kappa shape index (κ3) is 7.92. The smallest absolute Gasteiger partial charge is 0.447 e. The second-order valence-corrected chi connectivity index (χ2v) is 11.8. The number of hydrogen-bond acceptors (Lipinski definition) is 11. The van der Waals surface area contributed by atoms with Gasteiger partial charge < -0.3 is 19.0 Å². The first kappa shape index (κ1) is 30.7. The minimum Gasteiger partial charge on any atom is -0.447 e. The average molecular weight is 623 g/mol. The number of aromatic nitrogens is 4. The van der Waals surface area contributed by atoms with Crippen LogP contribution < -0.4 is 14.6 Å². The number of benzene rings is 1. The SMILES string of the molecule is CC(OC(=O)OC(C)(C)C)On1on1N1CCC[C@H]1COC(=O)NS(=O)(=O)c1ccc(-n2ccc(C(F)(F)F)n2)cc1. The molecule has 3 aromatic rings. The molecule has 3 heterocycles. The Bertz CT molecular complexity index is 1480. The number of carbonyl (C=O) groups is 2. The molecule has 15 nitrogen and oxygen atoms in total. The van der Waals surface area contributed by atoms with E-state index in [1.807, 2.05) is 0 Å². The van der Waals surface area contributed by atoms with Gasteiger partial charge in [-0.2, -0.15) is 22.9 Å². The standard InChI is InChI=1S/C23H29F3N6O9S/c1-15(38-21(34)39-22(2,3)4)40-32-31(41-32)30-12-5-6-17(30)14-37-20(33)28-42(35,36)18-9-7-16(8-10-18)29-13-11-19(27-29)23(24,25)26/h7-11,13,15,17H,5-6,12,14H2,1-4H3,(H,28,33)/t15?,17-,31?,32?/m0/s1. The van der Waals surface area contributed by atoms with Crippen LogP contribution in [0.4, 0.5) is 22.8 Å². The predicted octanol–water partition coefficient (Wildman–Crippen LogP) is 3.03. The van der Waals surface area contributed by atoms with Crippen LogP contribution in [0.2, 0.25) is 0 Å². The van der Waals surface area contributed by atoms with Crippen molar-refractivity contribution >= 4 is 22.3 Å². The molecule has 1 unspecified atom stereocenters. The Hall–Kier alpha value is -4.29. The zero-order valence-electron chi connectivity index (χ0n) is 22.9. The summed E-state index contributed by atoms with van der Waals surface area (Å²) in [6, 6.07) is 5.09. The van der Waals surface area contributed by atoms with Gasteiger partial charge in [-0.25, -0.2) is 27.4 Å². The molecule has 0 spiro atoms. The zero-order valence-corrected chi connectivity index (χ0v) is 23.7. The summed E-state index contributed by atoms with van der Waals surface area (Å²) >= 11 is 0. The van der Waals surface area contributed by atoms with Crippen molar-refractivity contribution in [1.29, 1.82) is 0 Å². The Morgan fingerprint density at radius 2 is 1.86 bits per heavy atom. The van der Waals surface area contributed by atoms with E-state index >= 15 is 0 Å². The molecule has 0 saturated carbocycles. The maximum absolute atomic E-state index is 12.8. The molecule has 1 amide bonds. The van der Waals surface area contributed by atoms with Gasteiger partial charge in [0.25, 0.3) is 16.3 Å². The van der Waals surface area contributed by atoms with Crippen molar-refractivity contribution in [1.82, 2.24) is 24.5 Å². The van der Waals surface area contributed by atoms with E-state index < -0.39 is 46.0 Å². The molecule has 1 aliphatic heterocycles. The third-order valence-electron chi connectivity index (χ3n) is 5.63. The Morgan fingerprint density at radius 3 is 2.48 bits per heavy atom. The van der Waals surface area contributed by atoms with Crippen molar-refractivity contribution in [2.75, 3.05) is 18.2 Å². The lowest BCUT2D eigenvalue weighted by Crippen LogP contribution is -2.42. The first-order chi connectivity index (χ1) is 19.5. The van der Waals surface area contributed by atoms with Crippen molar-refractivity contribution in [3.8, 4) is 5.69 Å². The average Bonchev–Trinajstić information content (AvgIpc) is 3.25. The second-order valence-electron chi connectivity index (χ2n) is 10.1. The van der Waals surface area contributed by atoms with E-state index in [-0.39, 0.29) is 23.2 Å². The maximum atomic E-state index is 12.8. The molecule has 4 rings (SSSR count). The molecule has 19 heteroatoms. The quantitative estimate of drug-likeness (QED) is 0.276. The van der Waals surface area contributed by atoms with Gasteiger partial charge in [0, 0.05) is 19.7 Å². The first-order valence-corrected chi connectivity index (χ1v) is 14.0. The van der Waals surface area contributed by atoms with Crippen molar-refractivity contribution in [3.05, 3.63) is 42.2 Å². The van der Waals surface area contributed by atoms with Crippen LogP contribution in [-0.4, -0.2) is 71.5 Å². The van der Waals surface area contributed by atoms with Crippen LogP contribution in [0.5, 0.6) is 0 Å². The Kier molecular flexibility index (Phi) is 8.42. The number of hydrogen-bond donors (Lipinski definition) is 1. The van der Waals surface area contributed by atoms with Crippen molar-refractivity contribution < 1.29 is 54.9 Å². The molecular formula is C23H29F3N6O9S. The van der Waals surface area contributed by atoms with E-state index in [9.17, 15) is 31.2 Å². The van der Waals surface area contributed by atoms with Crippen molar-refractivity contribution in [2.24, 2.45) is 0 Å². The van der Waals surface area contributed by atoms with E-state index in [1.54, 1.807) is 30.5 Å². The van der Waals surface area contributed by atoms with Crippen LogP contribution >= 0.6 is 0 Å². The van der Waals surface area contributed by atoms with Gasteiger partial charge >= 0.3 is 18.4 Å². The highest BCUT2D eigenvalue weighted by atomic mass is 32.2. The lowest BCUT2D eigenvalue weighted by molar-refractivity contribution is -0.142. The van der Waals surface area contributed by atoms with Crippen LogP contribution in [0.15, 0.2) is 46.1 Å². The summed E-state index contributed by atoms with van der Waals surface area (Å²) in [6.07, 6.45) is -5.45. The van der Waals surface area contributed by atoms with Gasteiger partial charge in [0.05, 0.1) is 21.6 Å². The second kappa shape index (κ2) is 11.5. The number of halogens is 3. The molecular weight excluding hydrogens is 593 g/mol. The van der Waals surface area contributed by atoms with Crippen LogP contribution in [0.25, 0.3) is 5.69 Å². The van der Waals surface area contributed by atoms with Gasteiger partial charge in [-0.3, -0.25) is 5.01 Å². The summed E-state index contributed by atoms with van der Waals surface area (Å²) < 4.78 is 86.7. The number of rotatable bonds is 9. The predicted molar refractivity (Wildman–Crippen MR) is 134 cm³/mol. The summed E-state index contributed by atoms with van der Waals surface area (Å²) in [5.41, 5.74) is -1.67. The van der Waals surface area contributed by atoms with Gasteiger partial charge in [0.15, 0.2) is 5.69 Å². The molecule has 1 saturated heterocycles. The molecule has 1 N–H and O–H groups in total. The van der Waals surface area contributed by atoms with Crippen LogP contribution in [-0.2, 0) is 30.4 Å². The maximum Gasteiger partial charge on any atom is 0.511 e. The van der Waals surface area contributed by atoms with Crippen molar-refractivity contribution in [2.45, 2.75) is 69.5 Å². The Balaban J connectivity index is 1.26. The van der Waals surface area contributed by atoms with E-state index in [4.69, 9.17) is 23.7 Å². The molecule has 1 fully saturated rings. The summed E-state index contributed by atoms with van der Waals surface area (Å²) in [6.45, 7) is 6.81. The summed E-state index contributed by atoms with van der Waals surface area (Å²) in [5.74, 6) is 0. The minimum atomic E-state index is -4.62. The monoisotopic (exact) mass is 622 g/mol. The molecule has 1 aromatic carbocycles. The highest BCUT2D eigenvalue weighted by Crippen LogP contribution is 2.28. The van der Waals surface area contributed by atoms with Gasteiger partial charge in [0.2, 0.25) is 0 Å². The Labute approximate surface area is 237 Å². The van der Waals surface area contributed by atoms with Gasteiger partial charge in [-0.1, -0.05) is 0 Å².